The Hall–Kier alpha value is -1.08. The van der Waals surface area contributed by atoms with Crippen LogP contribution in [0.4, 0.5) is 0 Å². The fraction of sp³-hybridized carbons (Fsp3) is 0.778. The highest BCUT2D eigenvalue weighted by Gasteiger charge is 2.14. The lowest BCUT2D eigenvalue weighted by molar-refractivity contribution is -0.131. The maximum Gasteiger partial charge on any atom is 0.223 e. The van der Waals surface area contributed by atoms with Gasteiger partial charge in [0.15, 0.2) is 0 Å². The molecular formula is C9H17N3O. The van der Waals surface area contributed by atoms with Gasteiger partial charge in [0.25, 0.3) is 0 Å². The van der Waals surface area contributed by atoms with E-state index in [0.29, 0.717) is 19.4 Å². The fourth-order valence-corrected chi connectivity index (χ4v) is 0.923. The van der Waals surface area contributed by atoms with Gasteiger partial charge in [-0.25, -0.2) is 0 Å². The first kappa shape index (κ1) is 11.9. The molecule has 0 aromatic heterocycles. The van der Waals surface area contributed by atoms with Crippen molar-refractivity contribution >= 4 is 5.91 Å². The predicted octanol–water partition coefficient (Wildman–Crippen LogP) is 0.356. The van der Waals surface area contributed by atoms with Gasteiger partial charge >= 0.3 is 0 Å². The molecule has 0 aliphatic carbocycles. The Morgan fingerprint density at radius 3 is 2.77 bits per heavy atom. The lowest BCUT2D eigenvalue weighted by atomic mass is 10.2. The van der Waals surface area contributed by atoms with E-state index in [0.717, 1.165) is 0 Å². The zero-order chi connectivity index (χ0) is 10.3. The van der Waals surface area contributed by atoms with E-state index in [1.165, 1.54) is 0 Å². The van der Waals surface area contributed by atoms with Crippen LogP contribution >= 0.6 is 0 Å². The van der Waals surface area contributed by atoms with Crippen LogP contribution in [0.2, 0.25) is 0 Å². The summed E-state index contributed by atoms with van der Waals surface area (Å²) in [5.41, 5.74) is 0. The van der Waals surface area contributed by atoms with Gasteiger partial charge in [0.05, 0.1) is 12.5 Å². The van der Waals surface area contributed by atoms with Gasteiger partial charge in [-0.05, 0) is 14.0 Å². The van der Waals surface area contributed by atoms with Crippen molar-refractivity contribution in [2.24, 2.45) is 0 Å². The number of carbonyl (C=O) groups is 1. The van der Waals surface area contributed by atoms with Crippen LogP contribution in [0.5, 0.6) is 0 Å². The van der Waals surface area contributed by atoms with E-state index in [-0.39, 0.29) is 11.9 Å². The Morgan fingerprint density at radius 2 is 2.31 bits per heavy atom. The smallest absolute Gasteiger partial charge is 0.223 e. The lowest BCUT2D eigenvalue weighted by Gasteiger charge is -2.22. The molecule has 1 amide bonds. The van der Waals surface area contributed by atoms with Crippen LogP contribution in [0.25, 0.3) is 0 Å². The summed E-state index contributed by atoms with van der Waals surface area (Å²) < 4.78 is 0. The molecule has 0 aromatic carbocycles. The second kappa shape index (κ2) is 6.44. The van der Waals surface area contributed by atoms with Crippen molar-refractivity contribution in [2.45, 2.75) is 25.8 Å². The standard InChI is InChI=1S/C9H17N3O/c1-8(4-6-10)12(3)9(13)5-7-11-2/h8,11H,4-5,7H2,1-3H3. The maximum absolute atomic E-state index is 11.4. The minimum Gasteiger partial charge on any atom is -0.342 e. The van der Waals surface area contributed by atoms with E-state index in [1.54, 1.807) is 11.9 Å². The van der Waals surface area contributed by atoms with Gasteiger partial charge in [-0.1, -0.05) is 0 Å². The van der Waals surface area contributed by atoms with E-state index < -0.39 is 0 Å². The van der Waals surface area contributed by atoms with Crippen LogP contribution in [-0.2, 0) is 4.79 Å². The van der Waals surface area contributed by atoms with Crippen molar-refractivity contribution in [2.75, 3.05) is 20.6 Å². The van der Waals surface area contributed by atoms with Gasteiger partial charge in [-0.15, -0.1) is 0 Å². The number of carbonyl (C=O) groups excluding carboxylic acids is 1. The topological polar surface area (TPSA) is 56.1 Å². The summed E-state index contributed by atoms with van der Waals surface area (Å²) in [5, 5.41) is 11.4. The molecule has 0 spiro atoms. The number of nitrogens with one attached hydrogen (secondary N) is 1. The van der Waals surface area contributed by atoms with E-state index in [1.807, 2.05) is 20.0 Å². The molecule has 0 saturated heterocycles. The number of rotatable bonds is 5. The number of hydrogen-bond donors (Lipinski definition) is 1. The molecule has 4 heteroatoms. The van der Waals surface area contributed by atoms with Gasteiger partial charge < -0.3 is 10.2 Å². The molecule has 0 fully saturated rings. The SMILES string of the molecule is CNCCC(=O)N(C)C(C)CC#N. The molecule has 1 unspecified atom stereocenters. The molecule has 74 valence electrons. The summed E-state index contributed by atoms with van der Waals surface area (Å²) in [7, 11) is 3.55. The van der Waals surface area contributed by atoms with Crippen molar-refractivity contribution in [1.82, 2.24) is 10.2 Å². The number of amides is 1. The van der Waals surface area contributed by atoms with E-state index >= 15 is 0 Å². The van der Waals surface area contributed by atoms with E-state index in [4.69, 9.17) is 5.26 Å². The zero-order valence-electron chi connectivity index (χ0n) is 8.50. The minimum atomic E-state index is 0.00866. The van der Waals surface area contributed by atoms with Crippen molar-refractivity contribution < 1.29 is 4.79 Å². The number of hydrogen-bond acceptors (Lipinski definition) is 3. The van der Waals surface area contributed by atoms with Gasteiger partial charge in [0.1, 0.15) is 0 Å². The average molecular weight is 183 g/mol. The Morgan fingerprint density at radius 1 is 1.69 bits per heavy atom. The molecule has 0 aromatic rings. The van der Waals surface area contributed by atoms with Gasteiger partial charge in [0.2, 0.25) is 5.91 Å². The van der Waals surface area contributed by atoms with Crippen LogP contribution in [-0.4, -0.2) is 37.5 Å². The fourth-order valence-electron chi connectivity index (χ4n) is 0.923. The molecule has 0 saturated carbocycles. The Bertz CT molecular complexity index is 198. The number of nitrogens with zero attached hydrogens (tertiary/aromatic N) is 2. The van der Waals surface area contributed by atoms with Crippen LogP contribution in [0, 0.1) is 11.3 Å². The second-order valence-corrected chi connectivity index (χ2v) is 3.07. The largest absolute Gasteiger partial charge is 0.342 e. The third kappa shape index (κ3) is 4.48. The molecule has 0 heterocycles. The monoisotopic (exact) mass is 183 g/mol. The summed E-state index contributed by atoms with van der Waals surface area (Å²) in [6.07, 6.45) is 0.880. The first-order chi connectivity index (χ1) is 6.13. The Labute approximate surface area is 79.5 Å². The van der Waals surface area contributed by atoms with Crippen LogP contribution < -0.4 is 5.32 Å². The molecule has 1 N–H and O–H groups in total. The Kier molecular flexibility index (Phi) is 5.90. The van der Waals surface area contributed by atoms with Crippen molar-refractivity contribution in [3.63, 3.8) is 0 Å². The molecule has 0 bridgehead atoms. The summed E-state index contributed by atoms with van der Waals surface area (Å²) in [6, 6.07) is 2.06. The minimum absolute atomic E-state index is 0.00866. The summed E-state index contributed by atoms with van der Waals surface area (Å²) in [4.78, 5) is 13.0. The molecule has 4 nitrogen and oxygen atoms in total. The van der Waals surface area contributed by atoms with Gasteiger partial charge in [-0.3, -0.25) is 4.79 Å². The molecule has 0 radical (unpaired) electrons. The highest BCUT2D eigenvalue weighted by atomic mass is 16.2. The predicted molar refractivity (Wildman–Crippen MR) is 51.0 cm³/mol. The van der Waals surface area contributed by atoms with Crippen molar-refractivity contribution in [1.29, 1.82) is 5.26 Å². The van der Waals surface area contributed by atoms with Gasteiger partial charge in [0, 0.05) is 26.1 Å². The number of nitriles is 1. The second-order valence-electron chi connectivity index (χ2n) is 3.07. The molecule has 0 aliphatic heterocycles. The van der Waals surface area contributed by atoms with E-state index in [9.17, 15) is 4.79 Å². The molecule has 13 heavy (non-hydrogen) atoms. The average Bonchev–Trinajstić information content (AvgIpc) is 2.13. The first-order valence-corrected chi connectivity index (χ1v) is 4.40. The van der Waals surface area contributed by atoms with E-state index in [2.05, 4.69) is 5.32 Å². The first-order valence-electron chi connectivity index (χ1n) is 4.40. The Balaban J connectivity index is 3.88. The van der Waals surface area contributed by atoms with Crippen LogP contribution in [0.15, 0.2) is 0 Å². The van der Waals surface area contributed by atoms with Gasteiger partial charge in [-0.2, -0.15) is 5.26 Å². The highest BCUT2D eigenvalue weighted by Crippen LogP contribution is 2.01. The normalized spacial score (nSPS) is 11.8. The van der Waals surface area contributed by atoms with Crippen molar-refractivity contribution in [3.05, 3.63) is 0 Å². The highest BCUT2D eigenvalue weighted by molar-refractivity contribution is 5.76. The molecule has 0 aliphatic rings. The zero-order valence-corrected chi connectivity index (χ0v) is 8.50. The summed E-state index contributed by atoms with van der Waals surface area (Å²) in [6.45, 7) is 2.56. The van der Waals surface area contributed by atoms with Crippen LogP contribution in [0.3, 0.4) is 0 Å². The maximum atomic E-state index is 11.4. The lowest BCUT2D eigenvalue weighted by Crippen LogP contribution is -2.36. The third-order valence-corrected chi connectivity index (χ3v) is 2.03. The molecule has 0 rings (SSSR count). The third-order valence-electron chi connectivity index (χ3n) is 2.03. The molecular weight excluding hydrogens is 166 g/mol. The quantitative estimate of drug-likeness (QED) is 0.669. The summed E-state index contributed by atoms with van der Waals surface area (Å²) >= 11 is 0. The van der Waals surface area contributed by atoms with Crippen molar-refractivity contribution in [3.8, 4) is 6.07 Å². The van der Waals surface area contributed by atoms with Crippen LogP contribution in [0.1, 0.15) is 19.8 Å². The summed E-state index contributed by atoms with van der Waals surface area (Å²) in [5.74, 6) is 0.0806. The molecule has 1 atom stereocenters.